The second-order valence-electron chi connectivity index (χ2n) is 6.20. The first kappa shape index (κ1) is 16.0. The third kappa shape index (κ3) is 4.84. The van der Waals surface area contributed by atoms with Gasteiger partial charge < -0.3 is 15.4 Å². The maximum Gasteiger partial charge on any atom is 0.243 e. The molecule has 0 unspecified atom stereocenters. The molecule has 2 N–H and O–H groups in total. The Morgan fingerprint density at radius 2 is 1.86 bits per heavy atom. The van der Waals surface area contributed by atoms with Crippen LogP contribution in [0.2, 0.25) is 0 Å². The Hall–Kier alpha value is -1.36. The number of rotatable bonds is 5. The van der Waals surface area contributed by atoms with Crippen LogP contribution in [0, 0.1) is 5.41 Å². The second kappa shape index (κ2) is 7.59. The monoisotopic (exact) mass is 294 g/mol. The third-order valence-corrected chi connectivity index (χ3v) is 4.80. The normalized spacial score (nSPS) is 21.7. The molecule has 0 radical (unpaired) electrons. The number of carbonyl (C=O) groups excluding carboxylic acids is 2. The fourth-order valence-corrected chi connectivity index (χ4v) is 3.35. The summed E-state index contributed by atoms with van der Waals surface area (Å²) in [6.07, 6.45) is 8.38. The average Bonchev–Trinajstić information content (AvgIpc) is 2.50. The van der Waals surface area contributed by atoms with E-state index in [2.05, 4.69) is 17.2 Å². The van der Waals surface area contributed by atoms with Crippen LogP contribution in [0.3, 0.4) is 0 Å². The summed E-state index contributed by atoms with van der Waals surface area (Å²) in [5.41, 5.74) is 0.470. The summed E-state index contributed by atoms with van der Waals surface area (Å²) in [4.78, 5) is 22.8. The van der Waals surface area contributed by atoms with Gasteiger partial charge in [0.25, 0.3) is 0 Å². The smallest absolute Gasteiger partial charge is 0.243 e. The van der Waals surface area contributed by atoms with Crippen molar-refractivity contribution in [2.75, 3.05) is 19.8 Å². The van der Waals surface area contributed by atoms with Crippen molar-refractivity contribution in [3.63, 3.8) is 0 Å². The number of hydrogen-bond acceptors (Lipinski definition) is 3. The van der Waals surface area contributed by atoms with Crippen LogP contribution >= 0.6 is 0 Å². The maximum atomic E-state index is 11.8. The van der Waals surface area contributed by atoms with Crippen molar-refractivity contribution in [3.05, 3.63) is 12.7 Å². The molecule has 118 valence electrons. The van der Waals surface area contributed by atoms with Crippen molar-refractivity contribution in [1.82, 2.24) is 10.6 Å². The van der Waals surface area contributed by atoms with E-state index in [1.807, 2.05) is 0 Å². The number of nitrogens with one attached hydrogen (secondary N) is 2. The van der Waals surface area contributed by atoms with Gasteiger partial charge in [-0.1, -0.05) is 6.58 Å². The van der Waals surface area contributed by atoms with Gasteiger partial charge in [0.2, 0.25) is 11.8 Å². The zero-order chi connectivity index (χ0) is 15.1. The molecule has 2 amide bonds. The summed E-state index contributed by atoms with van der Waals surface area (Å²) in [6, 6.07) is 0.293. The molecule has 0 aromatic rings. The van der Waals surface area contributed by atoms with Crippen LogP contribution in [0.25, 0.3) is 0 Å². The molecule has 1 aliphatic heterocycles. The molecule has 1 aliphatic carbocycles. The molecule has 5 heteroatoms. The molecular formula is C16H26N2O3. The molecule has 5 nitrogen and oxygen atoms in total. The highest BCUT2D eigenvalue weighted by Crippen LogP contribution is 2.44. The molecule has 1 spiro atoms. The minimum absolute atomic E-state index is 0.0206. The molecule has 0 aromatic carbocycles. The van der Waals surface area contributed by atoms with Crippen molar-refractivity contribution in [2.24, 2.45) is 5.41 Å². The van der Waals surface area contributed by atoms with E-state index in [9.17, 15) is 9.59 Å². The zero-order valence-corrected chi connectivity index (χ0v) is 12.7. The van der Waals surface area contributed by atoms with Crippen LogP contribution in [0.15, 0.2) is 12.7 Å². The summed E-state index contributed by atoms with van der Waals surface area (Å²) in [5.74, 6) is -0.214. The highest BCUT2D eigenvalue weighted by atomic mass is 16.5. The molecule has 2 aliphatic rings. The van der Waals surface area contributed by atoms with Crippen LogP contribution in [0.1, 0.15) is 44.9 Å². The van der Waals surface area contributed by atoms with Gasteiger partial charge in [-0.25, -0.2) is 0 Å². The Morgan fingerprint density at radius 1 is 1.19 bits per heavy atom. The number of amides is 2. The van der Waals surface area contributed by atoms with Gasteiger partial charge in [-0.15, -0.1) is 0 Å². The van der Waals surface area contributed by atoms with Crippen molar-refractivity contribution < 1.29 is 14.3 Å². The molecule has 0 atom stereocenters. The third-order valence-electron chi connectivity index (χ3n) is 4.80. The van der Waals surface area contributed by atoms with Crippen LogP contribution in [0.5, 0.6) is 0 Å². The molecule has 0 aromatic heterocycles. The van der Waals surface area contributed by atoms with Gasteiger partial charge in [0.05, 0.1) is 0 Å². The van der Waals surface area contributed by atoms with E-state index in [1.54, 1.807) is 0 Å². The largest absolute Gasteiger partial charge is 0.381 e. The standard InChI is InChI=1S/C16H26N2O3/c1-2-14(19)17-10-5-15(20)18-13-3-6-16(7-4-13)8-11-21-12-9-16/h2,13H,1,3-12H2,(H,17,19)(H,18,20). The summed E-state index contributed by atoms with van der Waals surface area (Å²) in [6.45, 7) is 5.52. The highest BCUT2D eigenvalue weighted by molar-refractivity contribution is 5.87. The minimum atomic E-state index is -0.234. The van der Waals surface area contributed by atoms with E-state index >= 15 is 0 Å². The van der Waals surface area contributed by atoms with Crippen molar-refractivity contribution in [1.29, 1.82) is 0 Å². The summed E-state index contributed by atoms with van der Waals surface area (Å²) in [7, 11) is 0. The van der Waals surface area contributed by atoms with E-state index in [1.165, 1.54) is 31.8 Å². The van der Waals surface area contributed by atoms with Crippen LogP contribution < -0.4 is 10.6 Å². The van der Waals surface area contributed by atoms with Crippen molar-refractivity contribution >= 4 is 11.8 Å². The fourth-order valence-electron chi connectivity index (χ4n) is 3.35. The summed E-state index contributed by atoms with van der Waals surface area (Å²) >= 11 is 0. The topological polar surface area (TPSA) is 67.4 Å². The molecule has 2 rings (SSSR count). The van der Waals surface area contributed by atoms with E-state index < -0.39 is 0 Å². The number of carbonyl (C=O) groups is 2. The second-order valence-corrected chi connectivity index (χ2v) is 6.20. The Bertz CT molecular complexity index is 379. The van der Waals surface area contributed by atoms with Crippen molar-refractivity contribution in [2.45, 2.75) is 51.0 Å². The predicted octanol–water partition coefficient (Wildman–Crippen LogP) is 1.53. The van der Waals surface area contributed by atoms with Gasteiger partial charge in [-0.2, -0.15) is 0 Å². The first-order chi connectivity index (χ1) is 10.1. The lowest BCUT2D eigenvalue weighted by atomic mass is 9.68. The Morgan fingerprint density at radius 3 is 2.48 bits per heavy atom. The first-order valence-corrected chi connectivity index (χ1v) is 7.91. The van der Waals surface area contributed by atoms with Crippen molar-refractivity contribution in [3.8, 4) is 0 Å². The van der Waals surface area contributed by atoms with E-state index in [-0.39, 0.29) is 11.8 Å². The van der Waals surface area contributed by atoms with E-state index in [0.717, 1.165) is 26.1 Å². The minimum Gasteiger partial charge on any atom is -0.381 e. The Balaban J connectivity index is 1.64. The van der Waals surface area contributed by atoms with E-state index in [4.69, 9.17) is 4.74 Å². The number of ether oxygens (including phenoxy) is 1. The van der Waals surface area contributed by atoms with Crippen LogP contribution in [-0.4, -0.2) is 37.6 Å². The lowest BCUT2D eigenvalue weighted by molar-refractivity contribution is -0.122. The van der Waals surface area contributed by atoms with E-state index in [0.29, 0.717) is 24.4 Å². The first-order valence-electron chi connectivity index (χ1n) is 7.91. The molecule has 2 fully saturated rings. The van der Waals surface area contributed by atoms with Gasteiger partial charge in [0, 0.05) is 32.2 Å². The number of hydrogen-bond donors (Lipinski definition) is 2. The van der Waals surface area contributed by atoms with Crippen LogP contribution in [0.4, 0.5) is 0 Å². The van der Waals surface area contributed by atoms with Crippen LogP contribution in [-0.2, 0) is 14.3 Å². The van der Waals surface area contributed by atoms with Gasteiger partial charge >= 0.3 is 0 Å². The average molecular weight is 294 g/mol. The van der Waals surface area contributed by atoms with Gasteiger partial charge in [0.1, 0.15) is 0 Å². The lowest BCUT2D eigenvalue weighted by Gasteiger charge is -2.42. The van der Waals surface area contributed by atoms with Gasteiger partial charge in [-0.05, 0) is 50.0 Å². The van der Waals surface area contributed by atoms with Gasteiger partial charge in [0.15, 0.2) is 0 Å². The Labute approximate surface area is 126 Å². The zero-order valence-electron chi connectivity index (χ0n) is 12.7. The quantitative estimate of drug-likeness (QED) is 0.756. The Kier molecular flexibility index (Phi) is 5.79. The maximum absolute atomic E-state index is 11.8. The molecular weight excluding hydrogens is 268 g/mol. The predicted molar refractivity (Wildman–Crippen MR) is 80.7 cm³/mol. The molecule has 21 heavy (non-hydrogen) atoms. The molecule has 0 bridgehead atoms. The molecule has 1 saturated heterocycles. The lowest BCUT2D eigenvalue weighted by Crippen LogP contribution is -2.43. The summed E-state index contributed by atoms with van der Waals surface area (Å²) < 4.78 is 5.45. The molecule has 1 saturated carbocycles. The SMILES string of the molecule is C=CC(=O)NCCC(=O)NC1CCC2(CCOCC2)CC1. The fraction of sp³-hybridized carbons (Fsp3) is 0.750. The summed E-state index contributed by atoms with van der Waals surface area (Å²) in [5, 5.41) is 5.70. The molecule has 1 heterocycles. The van der Waals surface area contributed by atoms with Gasteiger partial charge in [-0.3, -0.25) is 9.59 Å². The highest BCUT2D eigenvalue weighted by Gasteiger charge is 2.36.